The van der Waals surface area contributed by atoms with E-state index in [9.17, 15) is 4.79 Å². The summed E-state index contributed by atoms with van der Waals surface area (Å²) in [6.45, 7) is 0. The summed E-state index contributed by atoms with van der Waals surface area (Å²) >= 11 is 0. The van der Waals surface area contributed by atoms with Crippen molar-refractivity contribution in [1.29, 1.82) is 5.26 Å². The van der Waals surface area contributed by atoms with Crippen LogP contribution in [0.4, 0.5) is 5.69 Å². The zero-order valence-corrected chi connectivity index (χ0v) is 11.1. The molecule has 0 unspecified atom stereocenters. The highest BCUT2D eigenvalue weighted by Gasteiger charge is 2.10. The molecule has 4 nitrogen and oxygen atoms in total. The number of amides is 1. The maximum Gasteiger partial charge on any atom is 0.256 e. The SMILES string of the molecule is N#Cc1cccc(NC(=O)c2cccc3ccncc23)c1. The molecule has 0 radical (unpaired) electrons. The van der Waals surface area contributed by atoms with Gasteiger partial charge in [0.2, 0.25) is 0 Å². The van der Waals surface area contributed by atoms with Crippen molar-refractivity contribution in [2.45, 2.75) is 0 Å². The van der Waals surface area contributed by atoms with E-state index < -0.39 is 0 Å². The maximum absolute atomic E-state index is 12.4. The van der Waals surface area contributed by atoms with Gasteiger partial charge in [-0.25, -0.2) is 0 Å². The number of aromatic nitrogens is 1. The Balaban J connectivity index is 1.96. The Morgan fingerprint density at radius 2 is 2.00 bits per heavy atom. The average Bonchev–Trinajstić information content (AvgIpc) is 2.54. The molecule has 0 aliphatic carbocycles. The van der Waals surface area contributed by atoms with Crippen LogP contribution in [0.25, 0.3) is 10.8 Å². The molecule has 0 aliphatic heterocycles. The minimum Gasteiger partial charge on any atom is -0.322 e. The minimum atomic E-state index is -0.219. The molecule has 21 heavy (non-hydrogen) atoms. The first-order chi connectivity index (χ1) is 10.3. The Labute approximate surface area is 121 Å². The van der Waals surface area contributed by atoms with E-state index in [2.05, 4.69) is 10.3 Å². The van der Waals surface area contributed by atoms with Gasteiger partial charge in [-0.2, -0.15) is 5.26 Å². The summed E-state index contributed by atoms with van der Waals surface area (Å²) in [6, 6.07) is 16.3. The van der Waals surface area contributed by atoms with Crippen molar-refractivity contribution in [3.05, 3.63) is 72.1 Å². The summed E-state index contributed by atoms with van der Waals surface area (Å²) in [5.74, 6) is -0.219. The lowest BCUT2D eigenvalue weighted by Gasteiger charge is -2.08. The van der Waals surface area contributed by atoms with Crippen molar-refractivity contribution in [3.8, 4) is 6.07 Å². The van der Waals surface area contributed by atoms with Crippen LogP contribution in [0, 0.1) is 11.3 Å². The predicted molar refractivity (Wildman–Crippen MR) is 80.9 cm³/mol. The second-order valence-electron chi connectivity index (χ2n) is 4.55. The second kappa shape index (κ2) is 5.43. The number of carbonyl (C=O) groups excluding carboxylic acids is 1. The summed E-state index contributed by atoms with van der Waals surface area (Å²) in [5.41, 5.74) is 1.66. The van der Waals surface area contributed by atoms with Crippen LogP contribution in [0.1, 0.15) is 15.9 Å². The molecule has 4 heteroatoms. The van der Waals surface area contributed by atoms with Gasteiger partial charge in [0.1, 0.15) is 0 Å². The summed E-state index contributed by atoms with van der Waals surface area (Å²) in [6.07, 6.45) is 3.37. The molecule has 0 bridgehead atoms. The standard InChI is InChI=1S/C17H11N3O/c18-10-12-3-1-5-14(9-12)20-17(21)15-6-2-4-13-7-8-19-11-16(13)15/h1-9,11H,(H,20,21). The smallest absolute Gasteiger partial charge is 0.256 e. The first-order valence-corrected chi connectivity index (χ1v) is 6.42. The number of fused-ring (bicyclic) bond motifs is 1. The number of rotatable bonds is 2. The van der Waals surface area contributed by atoms with Crippen LogP contribution in [0.3, 0.4) is 0 Å². The lowest BCUT2D eigenvalue weighted by Crippen LogP contribution is -2.12. The fraction of sp³-hybridized carbons (Fsp3) is 0. The number of carbonyl (C=O) groups is 1. The van der Waals surface area contributed by atoms with Crippen LogP contribution >= 0.6 is 0 Å². The fourth-order valence-corrected chi connectivity index (χ4v) is 2.18. The number of pyridine rings is 1. The van der Waals surface area contributed by atoms with E-state index in [1.165, 1.54) is 0 Å². The molecule has 1 heterocycles. The molecular weight excluding hydrogens is 262 g/mol. The number of nitriles is 1. The third-order valence-corrected chi connectivity index (χ3v) is 3.18. The summed E-state index contributed by atoms with van der Waals surface area (Å²) in [5, 5.41) is 13.5. The largest absolute Gasteiger partial charge is 0.322 e. The van der Waals surface area contributed by atoms with Crippen molar-refractivity contribution in [1.82, 2.24) is 4.98 Å². The van der Waals surface area contributed by atoms with E-state index in [1.807, 2.05) is 24.3 Å². The molecule has 0 atom stereocenters. The van der Waals surface area contributed by atoms with Gasteiger partial charge in [-0.15, -0.1) is 0 Å². The van der Waals surface area contributed by atoms with Crippen LogP contribution in [0.15, 0.2) is 60.9 Å². The number of nitrogens with one attached hydrogen (secondary N) is 1. The van der Waals surface area contributed by atoms with Crippen LogP contribution in [0.5, 0.6) is 0 Å². The molecule has 3 rings (SSSR count). The molecule has 1 aromatic heterocycles. The van der Waals surface area contributed by atoms with Crippen molar-refractivity contribution in [2.24, 2.45) is 0 Å². The van der Waals surface area contributed by atoms with Gasteiger partial charge in [-0.1, -0.05) is 18.2 Å². The monoisotopic (exact) mass is 273 g/mol. The van der Waals surface area contributed by atoms with Crippen LogP contribution in [-0.2, 0) is 0 Å². The summed E-state index contributed by atoms with van der Waals surface area (Å²) < 4.78 is 0. The van der Waals surface area contributed by atoms with Gasteiger partial charge in [-0.3, -0.25) is 9.78 Å². The molecule has 100 valence electrons. The summed E-state index contributed by atoms with van der Waals surface area (Å²) in [7, 11) is 0. The zero-order valence-electron chi connectivity index (χ0n) is 11.1. The highest BCUT2D eigenvalue weighted by molar-refractivity contribution is 6.12. The zero-order chi connectivity index (χ0) is 14.7. The van der Waals surface area contributed by atoms with E-state index in [1.54, 1.807) is 42.7 Å². The first kappa shape index (κ1) is 12.8. The van der Waals surface area contributed by atoms with Crippen LogP contribution in [-0.4, -0.2) is 10.9 Å². The minimum absolute atomic E-state index is 0.219. The van der Waals surface area contributed by atoms with Crippen molar-refractivity contribution >= 4 is 22.4 Å². The van der Waals surface area contributed by atoms with Crippen molar-refractivity contribution < 1.29 is 4.79 Å². The Morgan fingerprint density at radius 1 is 1.14 bits per heavy atom. The number of benzene rings is 2. The second-order valence-corrected chi connectivity index (χ2v) is 4.55. The summed E-state index contributed by atoms with van der Waals surface area (Å²) in [4.78, 5) is 16.5. The van der Waals surface area contributed by atoms with Gasteiger partial charge in [0, 0.05) is 29.0 Å². The molecule has 1 N–H and O–H groups in total. The molecule has 0 fully saturated rings. The van der Waals surface area contributed by atoms with E-state index in [4.69, 9.17) is 5.26 Å². The van der Waals surface area contributed by atoms with Crippen LogP contribution < -0.4 is 5.32 Å². The van der Waals surface area contributed by atoms with E-state index in [-0.39, 0.29) is 5.91 Å². The van der Waals surface area contributed by atoms with Gasteiger partial charge in [0.05, 0.1) is 11.6 Å². The van der Waals surface area contributed by atoms with Gasteiger partial charge in [0.15, 0.2) is 0 Å². The highest BCUT2D eigenvalue weighted by Crippen LogP contribution is 2.19. The molecule has 3 aromatic rings. The number of hydrogen-bond donors (Lipinski definition) is 1. The van der Waals surface area contributed by atoms with Crippen molar-refractivity contribution in [2.75, 3.05) is 5.32 Å². The Kier molecular flexibility index (Phi) is 3.32. The molecule has 0 saturated heterocycles. The normalized spacial score (nSPS) is 10.0. The van der Waals surface area contributed by atoms with Gasteiger partial charge < -0.3 is 5.32 Å². The van der Waals surface area contributed by atoms with E-state index >= 15 is 0 Å². The van der Waals surface area contributed by atoms with Crippen molar-refractivity contribution in [3.63, 3.8) is 0 Å². The lowest BCUT2D eigenvalue weighted by atomic mass is 10.1. The molecule has 0 saturated carbocycles. The van der Waals surface area contributed by atoms with Gasteiger partial charge in [0.25, 0.3) is 5.91 Å². The molecule has 2 aromatic carbocycles. The quantitative estimate of drug-likeness (QED) is 0.778. The average molecular weight is 273 g/mol. The number of nitrogens with zero attached hydrogens (tertiary/aromatic N) is 2. The maximum atomic E-state index is 12.4. The molecule has 0 aliphatic rings. The topological polar surface area (TPSA) is 65.8 Å². The number of hydrogen-bond acceptors (Lipinski definition) is 3. The predicted octanol–water partition coefficient (Wildman–Crippen LogP) is 3.36. The van der Waals surface area contributed by atoms with E-state index in [0.29, 0.717) is 16.8 Å². The van der Waals surface area contributed by atoms with Gasteiger partial charge in [-0.05, 0) is 35.7 Å². The number of anilines is 1. The van der Waals surface area contributed by atoms with Gasteiger partial charge >= 0.3 is 0 Å². The molecular formula is C17H11N3O. The molecule has 1 amide bonds. The van der Waals surface area contributed by atoms with E-state index in [0.717, 1.165) is 10.8 Å². The lowest BCUT2D eigenvalue weighted by molar-refractivity contribution is 0.102. The third-order valence-electron chi connectivity index (χ3n) is 3.18. The Morgan fingerprint density at radius 3 is 2.86 bits per heavy atom. The fourth-order valence-electron chi connectivity index (χ4n) is 2.18. The first-order valence-electron chi connectivity index (χ1n) is 6.42. The Bertz CT molecular complexity index is 860. The Hall–Kier alpha value is -3.19. The van der Waals surface area contributed by atoms with Crippen LogP contribution in [0.2, 0.25) is 0 Å². The highest BCUT2D eigenvalue weighted by atomic mass is 16.1. The molecule has 0 spiro atoms. The third kappa shape index (κ3) is 2.58.